The van der Waals surface area contributed by atoms with E-state index < -0.39 is 4.92 Å². The molecule has 0 aliphatic carbocycles. The van der Waals surface area contributed by atoms with Gasteiger partial charge in [-0.25, -0.2) is 0 Å². The fraction of sp³-hybridized carbons (Fsp3) is 0.385. The summed E-state index contributed by atoms with van der Waals surface area (Å²) in [4.78, 5) is 12.4. The number of nitrogens with two attached hydrogens (primary N) is 1. The molecule has 0 atom stereocenters. The van der Waals surface area contributed by atoms with E-state index in [-0.39, 0.29) is 11.4 Å². The van der Waals surface area contributed by atoms with E-state index in [1.807, 2.05) is 0 Å². The van der Waals surface area contributed by atoms with Gasteiger partial charge in [0.2, 0.25) is 0 Å². The van der Waals surface area contributed by atoms with Crippen LogP contribution in [0, 0.1) is 10.1 Å². The van der Waals surface area contributed by atoms with Crippen LogP contribution in [0.5, 0.6) is 0 Å². The lowest BCUT2D eigenvalue weighted by Crippen LogP contribution is -2.29. The molecule has 1 aromatic carbocycles. The van der Waals surface area contributed by atoms with Gasteiger partial charge in [0.15, 0.2) is 0 Å². The predicted octanol–water partition coefficient (Wildman–Crippen LogP) is 1.96. The van der Waals surface area contributed by atoms with Gasteiger partial charge in [-0.1, -0.05) is 6.08 Å². The van der Waals surface area contributed by atoms with E-state index in [9.17, 15) is 10.1 Å². The third-order valence-electron chi connectivity index (χ3n) is 3.21. The highest BCUT2D eigenvalue weighted by Crippen LogP contribution is 2.28. The van der Waals surface area contributed by atoms with Crippen molar-refractivity contribution in [1.29, 1.82) is 0 Å². The van der Waals surface area contributed by atoms with Crippen molar-refractivity contribution in [2.75, 3.05) is 37.4 Å². The number of methoxy groups -OCH3 is 1. The average molecular weight is 263 g/mol. The molecule has 1 aromatic rings. The zero-order valence-electron chi connectivity index (χ0n) is 10.8. The quantitative estimate of drug-likeness (QED) is 0.388. The van der Waals surface area contributed by atoms with Crippen LogP contribution < -0.4 is 10.6 Å². The molecule has 19 heavy (non-hydrogen) atoms. The number of nitrogen functional groups attached to an aromatic ring is 1. The van der Waals surface area contributed by atoms with Crippen LogP contribution in [-0.4, -0.2) is 31.7 Å². The highest BCUT2D eigenvalue weighted by atomic mass is 16.6. The number of hydrogen-bond acceptors (Lipinski definition) is 5. The number of nitro benzene ring substituents is 1. The predicted molar refractivity (Wildman–Crippen MR) is 74.3 cm³/mol. The first-order chi connectivity index (χ1) is 9.11. The Morgan fingerprint density at radius 1 is 1.53 bits per heavy atom. The van der Waals surface area contributed by atoms with Crippen LogP contribution in [0.4, 0.5) is 17.1 Å². The van der Waals surface area contributed by atoms with Gasteiger partial charge in [0.1, 0.15) is 5.69 Å². The molecule has 0 unspecified atom stereocenters. The molecule has 0 amide bonds. The standard InChI is InChI=1S/C13H17N3O3/c1-19-9-10-4-6-15(7-5-10)11-2-3-13(16(17)18)12(14)8-11/h2-4,8H,5-7,9,14H2,1H3. The van der Waals surface area contributed by atoms with Crippen LogP contribution in [0.15, 0.2) is 29.8 Å². The smallest absolute Gasteiger partial charge is 0.292 e. The Labute approximate surface area is 111 Å². The van der Waals surface area contributed by atoms with Crippen molar-refractivity contribution in [3.8, 4) is 0 Å². The number of nitrogens with zero attached hydrogens (tertiary/aromatic N) is 2. The van der Waals surface area contributed by atoms with Gasteiger partial charge in [-0.15, -0.1) is 0 Å². The molecule has 102 valence electrons. The number of nitro groups is 1. The normalized spacial score (nSPS) is 15.2. The lowest BCUT2D eigenvalue weighted by atomic mass is 10.1. The highest BCUT2D eigenvalue weighted by Gasteiger charge is 2.16. The van der Waals surface area contributed by atoms with Gasteiger partial charge < -0.3 is 15.4 Å². The fourth-order valence-corrected chi connectivity index (χ4v) is 2.17. The van der Waals surface area contributed by atoms with E-state index in [1.54, 1.807) is 19.2 Å². The molecule has 0 fully saturated rings. The van der Waals surface area contributed by atoms with Crippen LogP contribution in [0.1, 0.15) is 6.42 Å². The second kappa shape index (κ2) is 5.71. The minimum atomic E-state index is -0.466. The monoisotopic (exact) mass is 263 g/mol. The summed E-state index contributed by atoms with van der Waals surface area (Å²) in [5, 5.41) is 10.7. The molecule has 0 bridgehead atoms. The van der Waals surface area contributed by atoms with E-state index in [0.29, 0.717) is 6.61 Å². The van der Waals surface area contributed by atoms with Crippen molar-refractivity contribution in [3.63, 3.8) is 0 Å². The summed E-state index contributed by atoms with van der Waals surface area (Å²) in [6, 6.07) is 4.86. The van der Waals surface area contributed by atoms with Gasteiger partial charge >= 0.3 is 0 Å². The number of ether oxygens (including phenoxy) is 1. The molecule has 0 saturated carbocycles. The maximum atomic E-state index is 10.7. The van der Waals surface area contributed by atoms with Crippen LogP contribution >= 0.6 is 0 Å². The third-order valence-corrected chi connectivity index (χ3v) is 3.21. The molecule has 1 aliphatic heterocycles. The summed E-state index contributed by atoms with van der Waals surface area (Å²) in [7, 11) is 1.68. The fourth-order valence-electron chi connectivity index (χ4n) is 2.17. The molecule has 6 nitrogen and oxygen atoms in total. The van der Waals surface area contributed by atoms with Gasteiger partial charge in [-0.2, -0.15) is 0 Å². The maximum absolute atomic E-state index is 10.7. The molecule has 2 rings (SSSR count). The third kappa shape index (κ3) is 3.03. The number of benzene rings is 1. The first-order valence-electron chi connectivity index (χ1n) is 6.07. The summed E-state index contributed by atoms with van der Waals surface area (Å²) >= 11 is 0. The Morgan fingerprint density at radius 3 is 2.84 bits per heavy atom. The van der Waals surface area contributed by atoms with Crippen molar-refractivity contribution in [2.24, 2.45) is 0 Å². The van der Waals surface area contributed by atoms with Gasteiger partial charge in [-0.05, 0) is 24.1 Å². The summed E-state index contributed by atoms with van der Waals surface area (Å²) in [6.07, 6.45) is 3.06. The molecule has 2 N–H and O–H groups in total. The van der Waals surface area contributed by atoms with Crippen LogP contribution in [0.2, 0.25) is 0 Å². The van der Waals surface area contributed by atoms with Crippen molar-refractivity contribution in [2.45, 2.75) is 6.42 Å². The van der Waals surface area contributed by atoms with E-state index in [2.05, 4.69) is 11.0 Å². The minimum Gasteiger partial charge on any atom is -0.393 e. The zero-order valence-corrected chi connectivity index (χ0v) is 10.8. The van der Waals surface area contributed by atoms with Crippen molar-refractivity contribution in [1.82, 2.24) is 0 Å². The topological polar surface area (TPSA) is 81.6 Å². The van der Waals surface area contributed by atoms with Gasteiger partial charge in [0, 0.05) is 32.0 Å². The summed E-state index contributed by atoms with van der Waals surface area (Å²) in [5.74, 6) is 0. The first kappa shape index (κ1) is 13.4. The van der Waals surface area contributed by atoms with Crippen LogP contribution in [-0.2, 0) is 4.74 Å². The van der Waals surface area contributed by atoms with E-state index in [4.69, 9.17) is 10.5 Å². The van der Waals surface area contributed by atoms with Gasteiger partial charge in [0.05, 0.1) is 11.5 Å². The number of anilines is 2. The van der Waals surface area contributed by atoms with Crippen molar-refractivity contribution in [3.05, 3.63) is 40.0 Å². The minimum absolute atomic E-state index is 0.0450. The van der Waals surface area contributed by atoms with Crippen LogP contribution in [0.25, 0.3) is 0 Å². The zero-order chi connectivity index (χ0) is 13.8. The molecule has 6 heteroatoms. The van der Waals surface area contributed by atoms with Gasteiger partial charge in [0.25, 0.3) is 5.69 Å². The molecular formula is C13H17N3O3. The second-order valence-electron chi connectivity index (χ2n) is 4.49. The summed E-state index contributed by atoms with van der Waals surface area (Å²) in [6.45, 7) is 2.30. The number of rotatable bonds is 4. The lowest BCUT2D eigenvalue weighted by Gasteiger charge is -2.28. The van der Waals surface area contributed by atoms with E-state index >= 15 is 0 Å². The maximum Gasteiger partial charge on any atom is 0.292 e. The average Bonchev–Trinajstić information content (AvgIpc) is 2.39. The Bertz CT molecular complexity index is 514. The Kier molecular flexibility index (Phi) is 4.01. The van der Waals surface area contributed by atoms with Crippen LogP contribution in [0.3, 0.4) is 0 Å². The lowest BCUT2D eigenvalue weighted by molar-refractivity contribution is -0.383. The van der Waals surface area contributed by atoms with E-state index in [1.165, 1.54) is 11.6 Å². The first-order valence-corrected chi connectivity index (χ1v) is 6.07. The Balaban J connectivity index is 2.12. The molecule has 0 radical (unpaired) electrons. The van der Waals surface area contributed by atoms with Crippen molar-refractivity contribution >= 4 is 17.1 Å². The molecule has 0 aromatic heterocycles. The molecule has 1 aliphatic rings. The summed E-state index contributed by atoms with van der Waals surface area (Å²) in [5.41, 5.74) is 8.06. The Morgan fingerprint density at radius 2 is 2.32 bits per heavy atom. The molecular weight excluding hydrogens is 246 g/mol. The van der Waals surface area contributed by atoms with Crippen molar-refractivity contribution < 1.29 is 9.66 Å². The molecule has 0 spiro atoms. The summed E-state index contributed by atoms with van der Waals surface area (Å²) < 4.78 is 5.10. The van der Waals surface area contributed by atoms with E-state index in [0.717, 1.165) is 25.2 Å². The SMILES string of the molecule is COCC1=CCN(c2ccc([N+](=O)[O-])c(N)c2)CC1. The largest absolute Gasteiger partial charge is 0.393 e. The second-order valence-corrected chi connectivity index (χ2v) is 4.49. The highest BCUT2D eigenvalue weighted by molar-refractivity contribution is 5.67. The van der Waals surface area contributed by atoms with Gasteiger partial charge in [-0.3, -0.25) is 10.1 Å². The number of hydrogen-bond donors (Lipinski definition) is 1. The molecule has 0 saturated heterocycles. The Hall–Kier alpha value is -2.08. The molecule has 1 heterocycles.